The molecule has 1 aliphatic rings. The van der Waals surface area contributed by atoms with E-state index in [0.29, 0.717) is 12.1 Å². The lowest BCUT2D eigenvalue weighted by Gasteiger charge is -2.08. The van der Waals surface area contributed by atoms with E-state index in [4.69, 9.17) is 4.42 Å². The van der Waals surface area contributed by atoms with Crippen molar-refractivity contribution in [1.29, 1.82) is 0 Å². The molecular formula is C18H18N2O4. The Balaban J connectivity index is 1.61. The van der Waals surface area contributed by atoms with Crippen molar-refractivity contribution in [2.75, 3.05) is 5.32 Å². The molecule has 124 valence electrons. The van der Waals surface area contributed by atoms with Crippen LogP contribution >= 0.6 is 0 Å². The lowest BCUT2D eigenvalue weighted by molar-refractivity contribution is -0.125. The van der Waals surface area contributed by atoms with E-state index in [9.17, 15) is 14.4 Å². The van der Waals surface area contributed by atoms with E-state index in [0.717, 1.165) is 17.7 Å². The fourth-order valence-electron chi connectivity index (χ4n) is 2.66. The average Bonchev–Trinajstić information content (AvgIpc) is 3.16. The maximum absolute atomic E-state index is 12.1. The number of hydrogen-bond acceptors (Lipinski definition) is 4. The molecule has 0 radical (unpaired) electrons. The van der Waals surface area contributed by atoms with E-state index >= 15 is 0 Å². The summed E-state index contributed by atoms with van der Waals surface area (Å²) in [7, 11) is 0. The van der Waals surface area contributed by atoms with Gasteiger partial charge in [0, 0.05) is 18.5 Å². The molecule has 0 spiro atoms. The molecule has 1 fully saturated rings. The Morgan fingerprint density at radius 2 is 1.96 bits per heavy atom. The normalized spacial score (nSPS) is 17.0. The minimum absolute atomic E-state index is 0.220. The van der Waals surface area contributed by atoms with Gasteiger partial charge in [0.1, 0.15) is 5.76 Å². The zero-order valence-electron chi connectivity index (χ0n) is 13.3. The number of benzene rings is 1. The highest BCUT2D eigenvalue weighted by Gasteiger charge is 2.30. The summed E-state index contributed by atoms with van der Waals surface area (Å²) in [5.74, 6) is -0.0191. The Bertz CT molecular complexity index is 777. The van der Waals surface area contributed by atoms with E-state index in [-0.39, 0.29) is 35.8 Å². The van der Waals surface area contributed by atoms with Crippen molar-refractivity contribution < 1.29 is 18.8 Å². The monoisotopic (exact) mass is 326 g/mol. The van der Waals surface area contributed by atoms with Gasteiger partial charge in [0.05, 0.1) is 5.92 Å². The molecular weight excluding hydrogens is 308 g/mol. The van der Waals surface area contributed by atoms with Crippen LogP contribution in [0.25, 0.3) is 0 Å². The van der Waals surface area contributed by atoms with Gasteiger partial charge >= 0.3 is 0 Å². The Kier molecular flexibility index (Phi) is 4.46. The quantitative estimate of drug-likeness (QED) is 0.825. The van der Waals surface area contributed by atoms with Crippen molar-refractivity contribution in [3.8, 4) is 0 Å². The first-order chi connectivity index (χ1) is 11.5. The number of rotatable bonds is 5. The van der Waals surface area contributed by atoms with E-state index in [1.165, 1.54) is 0 Å². The average molecular weight is 326 g/mol. The van der Waals surface area contributed by atoms with Gasteiger partial charge in [0.2, 0.25) is 11.8 Å². The summed E-state index contributed by atoms with van der Waals surface area (Å²) < 4.78 is 5.41. The highest BCUT2D eigenvalue weighted by atomic mass is 16.3. The zero-order chi connectivity index (χ0) is 17.1. The largest absolute Gasteiger partial charge is 0.456 e. The van der Waals surface area contributed by atoms with Gasteiger partial charge in [0.25, 0.3) is 5.91 Å². The van der Waals surface area contributed by atoms with Crippen LogP contribution < -0.4 is 10.6 Å². The van der Waals surface area contributed by atoms with Crippen molar-refractivity contribution in [2.24, 2.45) is 5.92 Å². The molecule has 0 bridgehead atoms. The number of amides is 3. The molecule has 1 aromatic carbocycles. The number of hydrogen-bond donors (Lipinski definition) is 2. The maximum atomic E-state index is 12.1. The summed E-state index contributed by atoms with van der Waals surface area (Å²) in [6.07, 6.45) is 1.47. The predicted octanol–water partition coefficient (Wildman–Crippen LogP) is 2.30. The molecule has 1 aliphatic heterocycles. The maximum Gasteiger partial charge on any atom is 0.291 e. The standard InChI is InChI=1S/C18H18N2O4/c1-2-14-7-8-15(24-14)18(23)19-13-5-3-11(4-6-13)9-12-10-16(21)20-17(12)22/h3-8,12H,2,9-10H2,1H3,(H,19,23)(H,20,21,22). The number of imide groups is 1. The molecule has 2 N–H and O–H groups in total. The second-order valence-electron chi connectivity index (χ2n) is 5.79. The second kappa shape index (κ2) is 6.70. The third-order valence-electron chi connectivity index (χ3n) is 3.99. The van der Waals surface area contributed by atoms with Crippen LogP contribution in [-0.4, -0.2) is 17.7 Å². The SMILES string of the molecule is CCc1ccc(C(=O)Nc2ccc(CC3CC(=O)NC3=O)cc2)o1. The van der Waals surface area contributed by atoms with Crippen molar-refractivity contribution >= 4 is 23.4 Å². The van der Waals surface area contributed by atoms with Gasteiger partial charge in [-0.2, -0.15) is 0 Å². The first-order valence-corrected chi connectivity index (χ1v) is 7.88. The Labute approximate surface area is 139 Å². The number of nitrogens with one attached hydrogen (secondary N) is 2. The summed E-state index contributed by atoms with van der Waals surface area (Å²) >= 11 is 0. The first-order valence-electron chi connectivity index (χ1n) is 7.88. The van der Waals surface area contributed by atoms with Crippen LogP contribution in [0.15, 0.2) is 40.8 Å². The number of aryl methyl sites for hydroxylation is 1. The summed E-state index contributed by atoms with van der Waals surface area (Å²) in [4.78, 5) is 34.9. The fourth-order valence-corrected chi connectivity index (χ4v) is 2.66. The first kappa shape index (κ1) is 16.0. The van der Waals surface area contributed by atoms with Gasteiger partial charge in [-0.05, 0) is 36.2 Å². The van der Waals surface area contributed by atoms with Crippen molar-refractivity contribution in [3.05, 3.63) is 53.5 Å². The lowest BCUT2D eigenvalue weighted by Crippen LogP contribution is -2.22. The molecule has 1 unspecified atom stereocenters. The topological polar surface area (TPSA) is 88.4 Å². The van der Waals surface area contributed by atoms with Gasteiger partial charge < -0.3 is 9.73 Å². The third-order valence-corrected chi connectivity index (χ3v) is 3.99. The van der Waals surface area contributed by atoms with Gasteiger partial charge in [-0.25, -0.2) is 0 Å². The van der Waals surface area contributed by atoms with Crippen LogP contribution in [0.4, 0.5) is 5.69 Å². The smallest absolute Gasteiger partial charge is 0.291 e. The van der Waals surface area contributed by atoms with E-state index in [1.807, 2.05) is 19.1 Å². The summed E-state index contributed by atoms with van der Waals surface area (Å²) in [6, 6.07) is 10.7. The molecule has 24 heavy (non-hydrogen) atoms. The predicted molar refractivity (Wildman–Crippen MR) is 87.4 cm³/mol. The molecule has 2 aromatic rings. The molecule has 6 nitrogen and oxygen atoms in total. The number of furan rings is 1. The van der Waals surface area contributed by atoms with Gasteiger partial charge in [-0.3, -0.25) is 19.7 Å². The van der Waals surface area contributed by atoms with Crippen LogP contribution in [0.1, 0.15) is 35.2 Å². The molecule has 3 rings (SSSR count). The zero-order valence-corrected chi connectivity index (χ0v) is 13.3. The van der Waals surface area contributed by atoms with Crippen LogP contribution in [0.3, 0.4) is 0 Å². The second-order valence-corrected chi connectivity index (χ2v) is 5.79. The van der Waals surface area contributed by atoms with Crippen molar-refractivity contribution in [1.82, 2.24) is 5.32 Å². The molecule has 6 heteroatoms. The molecule has 0 aliphatic carbocycles. The van der Waals surface area contributed by atoms with Crippen molar-refractivity contribution in [2.45, 2.75) is 26.2 Å². The minimum Gasteiger partial charge on any atom is -0.456 e. The Morgan fingerprint density at radius 1 is 1.21 bits per heavy atom. The highest BCUT2D eigenvalue weighted by molar-refractivity contribution is 6.03. The molecule has 3 amide bonds. The van der Waals surface area contributed by atoms with E-state index < -0.39 is 0 Å². The van der Waals surface area contributed by atoms with Crippen LogP contribution in [0.5, 0.6) is 0 Å². The summed E-state index contributed by atoms with van der Waals surface area (Å²) in [5.41, 5.74) is 1.58. The van der Waals surface area contributed by atoms with Crippen LogP contribution in [-0.2, 0) is 22.4 Å². The minimum atomic E-state index is -0.312. The van der Waals surface area contributed by atoms with Gasteiger partial charge in [-0.15, -0.1) is 0 Å². The summed E-state index contributed by atoms with van der Waals surface area (Å²) in [5, 5.41) is 5.07. The van der Waals surface area contributed by atoms with Crippen LogP contribution in [0.2, 0.25) is 0 Å². The number of anilines is 1. The third kappa shape index (κ3) is 3.53. The number of carbonyl (C=O) groups excluding carboxylic acids is 3. The molecule has 1 saturated heterocycles. The van der Waals surface area contributed by atoms with E-state index in [1.54, 1.807) is 24.3 Å². The van der Waals surface area contributed by atoms with Gasteiger partial charge in [-0.1, -0.05) is 19.1 Å². The van der Waals surface area contributed by atoms with Crippen molar-refractivity contribution in [3.63, 3.8) is 0 Å². The highest BCUT2D eigenvalue weighted by Crippen LogP contribution is 2.19. The molecule has 0 saturated carbocycles. The molecule has 1 aromatic heterocycles. The molecule has 2 heterocycles. The Morgan fingerprint density at radius 3 is 2.54 bits per heavy atom. The number of carbonyl (C=O) groups is 3. The van der Waals surface area contributed by atoms with E-state index in [2.05, 4.69) is 10.6 Å². The van der Waals surface area contributed by atoms with Crippen LogP contribution in [0, 0.1) is 5.92 Å². The lowest BCUT2D eigenvalue weighted by atomic mass is 9.98. The fraction of sp³-hybridized carbons (Fsp3) is 0.278. The Hall–Kier alpha value is -2.89. The molecule has 1 atom stereocenters. The van der Waals surface area contributed by atoms with Gasteiger partial charge in [0.15, 0.2) is 5.76 Å². The summed E-state index contributed by atoms with van der Waals surface area (Å²) in [6.45, 7) is 1.96.